The topological polar surface area (TPSA) is 35.2 Å². The summed E-state index contributed by atoms with van der Waals surface area (Å²) in [5.74, 6) is 0.816. The molecule has 0 saturated carbocycles. The summed E-state index contributed by atoms with van der Waals surface area (Å²) in [6.07, 6.45) is -2.27. The normalized spacial score (nSPS) is 13.4. The number of benzene rings is 1. The quantitative estimate of drug-likeness (QED) is 0.852. The molecule has 0 bridgehead atoms. The molecule has 5 heteroatoms. The first-order chi connectivity index (χ1) is 8.88. The average Bonchev–Trinajstić information content (AvgIpc) is 2.35. The molecule has 0 fully saturated rings. The van der Waals surface area contributed by atoms with Crippen molar-refractivity contribution in [2.45, 2.75) is 39.4 Å². The van der Waals surface area contributed by atoms with Crippen LogP contribution < -0.4 is 10.5 Å². The maximum atomic E-state index is 12.6. The second-order valence-electron chi connectivity index (χ2n) is 4.73. The van der Waals surface area contributed by atoms with Crippen LogP contribution in [0.5, 0.6) is 5.75 Å². The molecule has 0 aromatic heterocycles. The molecule has 0 aliphatic rings. The highest BCUT2D eigenvalue weighted by Crippen LogP contribution is 2.32. The van der Waals surface area contributed by atoms with Crippen LogP contribution in [-0.4, -0.2) is 6.61 Å². The lowest BCUT2D eigenvalue weighted by Crippen LogP contribution is -2.12. The van der Waals surface area contributed by atoms with E-state index in [1.165, 1.54) is 6.07 Å². The molecule has 108 valence electrons. The molecule has 1 unspecified atom stereocenters. The van der Waals surface area contributed by atoms with Crippen molar-refractivity contribution in [1.29, 1.82) is 0 Å². The summed E-state index contributed by atoms with van der Waals surface area (Å²) < 4.78 is 43.3. The van der Waals surface area contributed by atoms with Gasteiger partial charge in [0, 0.05) is 12.1 Å². The molecular weight excluding hydrogens is 255 g/mol. The number of rotatable bonds is 6. The summed E-state index contributed by atoms with van der Waals surface area (Å²) in [5.41, 5.74) is 5.18. The summed E-state index contributed by atoms with van der Waals surface area (Å²) in [6, 6.07) is 3.43. The summed E-state index contributed by atoms with van der Waals surface area (Å²) >= 11 is 0. The second kappa shape index (κ2) is 6.80. The summed E-state index contributed by atoms with van der Waals surface area (Å²) in [5, 5.41) is 0. The number of ether oxygens (including phenoxy) is 1. The van der Waals surface area contributed by atoms with Gasteiger partial charge in [-0.25, -0.2) is 0 Å². The Morgan fingerprint density at radius 3 is 2.53 bits per heavy atom. The summed E-state index contributed by atoms with van der Waals surface area (Å²) in [6.45, 7) is 4.66. The second-order valence-corrected chi connectivity index (χ2v) is 4.73. The van der Waals surface area contributed by atoms with Gasteiger partial charge in [-0.15, -0.1) is 0 Å². The zero-order valence-corrected chi connectivity index (χ0v) is 11.3. The molecule has 0 spiro atoms. The van der Waals surface area contributed by atoms with Gasteiger partial charge in [0.2, 0.25) is 0 Å². The molecule has 0 aliphatic heterocycles. The van der Waals surface area contributed by atoms with Crippen LogP contribution >= 0.6 is 0 Å². The number of hydrogen-bond donors (Lipinski definition) is 1. The van der Waals surface area contributed by atoms with Crippen LogP contribution in [0.2, 0.25) is 0 Å². The van der Waals surface area contributed by atoms with Crippen molar-refractivity contribution in [1.82, 2.24) is 0 Å². The van der Waals surface area contributed by atoms with E-state index in [0.717, 1.165) is 25.0 Å². The van der Waals surface area contributed by atoms with Gasteiger partial charge in [0.05, 0.1) is 12.2 Å². The van der Waals surface area contributed by atoms with Crippen LogP contribution in [0, 0.1) is 5.92 Å². The maximum absolute atomic E-state index is 12.6. The lowest BCUT2D eigenvalue weighted by molar-refractivity contribution is -0.137. The van der Waals surface area contributed by atoms with Crippen molar-refractivity contribution in [3.63, 3.8) is 0 Å². The molecule has 1 aromatic carbocycles. The fourth-order valence-corrected chi connectivity index (χ4v) is 1.86. The Kier molecular flexibility index (Phi) is 5.66. The predicted octanol–water partition coefficient (Wildman–Crippen LogP) is 3.98. The number of halogens is 3. The highest BCUT2D eigenvalue weighted by atomic mass is 19.4. The number of nitrogens with two attached hydrogens (primary N) is 1. The van der Waals surface area contributed by atoms with Gasteiger partial charge < -0.3 is 10.5 Å². The van der Waals surface area contributed by atoms with E-state index in [1.54, 1.807) is 0 Å². The fourth-order valence-electron chi connectivity index (χ4n) is 1.86. The highest BCUT2D eigenvalue weighted by Gasteiger charge is 2.31. The lowest BCUT2D eigenvalue weighted by Gasteiger charge is -2.16. The van der Waals surface area contributed by atoms with Crippen molar-refractivity contribution in [3.8, 4) is 5.75 Å². The van der Waals surface area contributed by atoms with E-state index in [1.807, 2.05) is 0 Å². The van der Waals surface area contributed by atoms with Gasteiger partial charge in [0.1, 0.15) is 5.75 Å². The third-order valence-electron chi connectivity index (χ3n) is 2.91. The zero-order valence-electron chi connectivity index (χ0n) is 11.3. The highest BCUT2D eigenvalue weighted by molar-refractivity contribution is 5.38. The van der Waals surface area contributed by atoms with Crippen LogP contribution in [0.3, 0.4) is 0 Å². The molecule has 2 nitrogen and oxygen atoms in total. The molecule has 0 aliphatic carbocycles. The Hall–Kier alpha value is -1.23. The monoisotopic (exact) mass is 275 g/mol. The largest absolute Gasteiger partial charge is 0.493 e. The third-order valence-corrected chi connectivity index (χ3v) is 2.91. The Balaban J connectivity index is 2.79. The predicted molar refractivity (Wildman–Crippen MR) is 68.9 cm³/mol. The SMILES string of the molecule is CCCC(C)COc1ccc(C(F)(F)F)cc1CN. The Labute approximate surface area is 111 Å². The van der Waals surface area contributed by atoms with Crippen molar-refractivity contribution in [3.05, 3.63) is 29.3 Å². The number of alkyl halides is 3. The molecule has 0 saturated heterocycles. The summed E-state index contributed by atoms with van der Waals surface area (Å²) in [4.78, 5) is 0. The third kappa shape index (κ3) is 4.74. The molecular formula is C14H20F3NO. The van der Waals surface area contributed by atoms with Gasteiger partial charge in [-0.2, -0.15) is 13.2 Å². The van der Waals surface area contributed by atoms with E-state index in [2.05, 4.69) is 13.8 Å². The first kappa shape index (κ1) is 15.8. The van der Waals surface area contributed by atoms with Crippen LogP contribution in [0.25, 0.3) is 0 Å². The minimum absolute atomic E-state index is 0.0292. The molecule has 1 rings (SSSR count). The van der Waals surface area contributed by atoms with Gasteiger partial charge >= 0.3 is 6.18 Å². The van der Waals surface area contributed by atoms with Crippen LogP contribution in [0.4, 0.5) is 13.2 Å². The smallest absolute Gasteiger partial charge is 0.416 e. The fraction of sp³-hybridized carbons (Fsp3) is 0.571. The maximum Gasteiger partial charge on any atom is 0.416 e. The first-order valence-electron chi connectivity index (χ1n) is 6.41. The van der Waals surface area contributed by atoms with Gasteiger partial charge in [-0.3, -0.25) is 0 Å². The molecule has 1 atom stereocenters. The Morgan fingerprint density at radius 2 is 2.00 bits per heavy atom. The van der Waals surface area contributed by atoms with Crippen molar-refractivity contribution in [2.75, 3.05) is 6.61 Å². The van der Waals surface area contributed by atoms with Crippen LogP contribution in [0.1, 0.15) is 37.8 Å². The Bertz CT molecular complexity index is 404. The minimum atomic E-state index is -4.35. The standard InChI is InChI=1S/C14H20F3NO/c1-3-4-10(2)9-19-13-6-5-12(14(15,16)17)7-11(13)8-18/h5-7,10H,3-4,8-9,18H2,1-2H3. The van der Waals surface area contributed by atoms with Crippen molar-refractivity contribution < 1.29 is 17.9 Å². The van der Waals surface area contributed by atoms with Gasteiger partial charge in [-0.05, 0) is 30.5 Å². The zero-order chi connectivity index (χ0) is 14.5. The number of hydrogen-bond acceptors (Lipinski definition) is 2. The van der Waals surface area contributed by atoms with E-state index >= 15 is 0 Å². The molecule has 0 amide bonds. The molecule has 0 heterocycles. The van der Waals surface area contributed by atoms with Crippen molar-refractivity contribution >= 4 is 0 Å². The molecule has 19 heavy (non-hydrogen) atoms. The van der Waals surface area contributed by atoms with E-state index in [-0.39, 0.29) is 6.54 Å². The molecule has 1 aromatic rings. The lowest BCUT2D eigenvalue weighted by atomic mass is 10.1. The van der Waals surface area contributed by atoms with Gasteiger partial charge in [0.15, 0.2) is 0 Å². The van der Waals surface area contributed by atoms with E-state index in [9.17, 15) is 13.2 Å². The van der Waals surface area contributed by atoms with Crippen LogP contribution in [-0.2, 0) is 12.7 Å². The van der Waals surface area contributed by atoms with Crippen LogP contribution in [0.15, 0.2) is 18.2 Å². The van der Waals surface area contributed by atoms with Gasteiger partial charge in [-0.1, -0.05) is 20.3 Å². The molecule has 2 N–H and O–H groups in total. The van der Waals surface area contributed by atoms with E-state index in [4.69, 9.17) is 10.5 Å². The average molecular weight is 275 g/mol. The first-order valence-corrected chi connectivity index (χ1v) is 6.41. The van der Waals surface area contributed by atoms with E-state index < -0.39 is 11.7 Å². The summed E-state index contributed by atoms with van der Waals surface area (Å²) in [7, 11) is 0. The van der Waals surface area contributed by atoms with E-state index in [0.29, 0.717) is 23.8 Å². The Morgan fingerprint density at radius 1 is 1.32 bits per heavy atom. The minimum Gasteiger partial charge on any atom is -0.493 e. The molecule has 0 radical (unpaired) electrons. The van der Waals surface area contributed by atoms with Gasteiger partial charge in [0.25, 0.3) is 0 Å². The van der Waals surface area contributed by atoms with Crippen molar-refractivity contribution in [2.24, 2.45) is 11.7 Å².